The number of aromatic amines is 1. The minimum absolute atomic E-state index is 0.0260. The number of aromatic hydroxyl groups is 1. The fraction of sp³-hybridized carbons (Fsp3) is 0.407. The van der Waals surface area contributed by atoms with Gasteiger partial charge in [-0.2, -0.15) is 5.10 Å². The number of amides is 1. The van der Waals surface area contributed by atoms with Gasteiger partial charge < -0.3 is 24.6 Å². The molecule has 1 aromatic heterocycles. The predicted octanol–water partition coefficient (Wildman–Crippen LogP) is 4.53. The molecule has 35 heavy (non-hydrogen) atoms. The number of phenolic OH excluding ortho intramolecular Hbond substituents is 1. The smallest absolute Gasteiger partial charge is 0.273 e. The topological polar surface area (TPSA) is 108 Å². The van der Waals surface area contributed by atoms with E-state index >= 15 is 0 Å². The molecule has 1 amide bonds. The number of hydrogen-bond acceptors (Lipinski definition) is 6. The number of rotatable bonds is 11. The number of aromatic nitrogens is 2. The van der Waals surface area contributed by atoms with Gasteiger partial charge in [-0.15, -0.1) is 0 Å². The van der Waals surface area contributed by atoms with Gasteiger partial charge >= 0.3 is 0 Å². The normalized spacial score (nSPS) is 15.1. The third-order valence-corrected chi connectivity index (χ3v) is 6.12. The lowest BCUT2D eigenvalue weighted by atomic mass is 9.95. The number of phenols is 1. The van der Waals surface area contributed by atoms with Crippen molar-refractivity contribution in [2.45, 2.75) is 39.7 Å². The molecule has 0 radical (unpaired) electrons. The Balaban J connectivity index is 1.78. The molecule has 0 unspecified atom stereocenters. The average molecular weight is 480 g/mol. The summed E-state index contributed by atoms with van der Waals surface area (Å²) in [5.74, 6) is 1.70. The Morgan fingerprint density at radius 3 is 2.66 bits per heavy atom. The lowest BCUT2D eigenvalue weighted by Gasteiger charge is -2.27. The van der Waals surface area contributed by atoms with Crippen molar-refractivity contribution in [1.29, 1.82) is 0 Å². The molecular formula is C27H33N3O5. The van der Waals surface area contributed by atoms with Gasteiger partial charge in [-0.1, -0.05) is 32.0 Å². The molecule has 186 valence electrons. The first-order valence-corrected chi connectivity index (χ1v) is 12.1. The van der Waals surface area contributed by atoms with Crippen LogP contribution in [0.3, 0.4) is 0 Å². The van der Waals surface area contributed by atoms with Crippen LogP contribution in [0.15, 0.2) is 42.5 Å². The highest BCUT2D eigenvalue weighted by molar-refractivity contribution is 6.00. The maximum atomic E-state index is 13.4. The van der Waals surface area contributed by atoms with Crippen molar-refractivity contribution in [3.8, 4) is 28.5 Å². The summed E-state index contributed by atoms with van der Waals surface area (Å²) in [6, 6.07) is 12.2. The summed E-state index contributed by atoms with van der Waals surface area (Å²) >= 11 is 0. The molecular weight excluding hydrogens is 446 g/mol. The second kappa shape index (κ2) is 10.8. The van der Waals surface area contributed by atoms with Gasteiger partial charge in [0.25, 0.3) is 5.91 Å². The van der Waals surface area contributed by atoms with Crippen molar-refractivity contribution in [2.75, 3.05) is 26.4 Å². The van der Waals surface area contributed by atoms with Crippen LogP contribution < -0.4 is 9.47 Å². The average Bonchev–Trinajstić information content (AvgIpc) is 3.37. The highest BCUT2D eigenvalue weighted by Crippen LogP contribution is 2.45. The van der Waals surface area contributed by atoms with Crippen molar-refractivity contribution in [3.05, 3.63) is 59.3 Å². The number of aliphatic hydroxyl groups excluding tert-OH is 1. The molecule has 2 aromatic carbocycles. The summed E-state index contributed by atoms with van der Waals surface area (Å²) in [5, 5.41) is 27.2. The van der Waals surface area contributed by atoms with Gasteiger partial charge in [-0.3, -0.25) is 9.89 Å². The van der Waals surface area contributed by atoms with Crippen LogP contribution in [0.2, 0.25) is 0 Å². The lowest BCUT2D eigenvalue weighted by Crippen LogP contribution is -2.31. The van der Waals surface area contributed by atoms with E-state index in [1.165, 1.54) is 0 Å². The number of hydrogen-bond donors (Lipinski definition) is 3. The highest BCUT2D eigenvalue weighted by Gasteiger charge is 2.42. The van der Waals surface area contributed by atoms with Gasteiger partial charge in [0.05, 0.1) is 19.3 Å². The first kappa shape index (κ1) is 24.6. The quantitative estimate of drug-likeness (QED) is 0.373. The summed E-state index contributed by atoms with van der Waals surface area (Å²) < 4.78 is 11.9. The predicted molar refractivity (Wildman–Crippen MR) is 133 cm³/mol. The van der Waals surface area contributed by atoms with E-state index in [1.54, 1.807) is 23.1 Å². The van der Waals surface area contributed by atoms with E-state index < -0.39 is 6.04 Å². The zero-order valence-electron chi connectivity index (χ0n) is 20.5. The van der Waals surface area contributed by atoms with E-state index in [0.717, 1.165) is 12.0 Å². The number of fused-ring (bicyclic) bond motifs is 1. The van der Waals surface area contributed by atoms with Gasteiger partial charge in [0.2, 0.25) is 0 Å². The maximum Gasteiger partial charge on any atom is 0.273 e. The Morgan fingerprint density at radius 2 is 1.94 bits per heavy atom. The molecule has 3 N–H and O–H groups in total. The standard InChI is InChI=1S/C27H33N3O5/c1-4-34-22-16-18(10-11-21(22)35-15-12-17(2)3)26-23-24(19-8-5-6-9-20(19)32)28-29-25(23)27(33)30(26)13-7-14-31/h5-6,8-11,16-17,26,31-32H,4,7,12-15H2,1-3H3,(H,28,29)/t26-/m1/s1. The summed E-state index contributed by atoms with van der Waals surface area (Å²) in [4.78, 5) is 15.1. The second-order valence-electron chi connectivity index (χ2n) is 9.03. The Bertz CT molecular complexity index is 1170. The van der Waals surface area contributed by atoms with Crippen molar-refractivity contribution < 1.29 is 24.5 Å². The third-order valence-electron chi connectivity index (χ3n) is 6.12. The third kappa shape index (κ3) is 4.98. The van der Waals surface area contributed by atoms with Gasteiger partial charge in [-0.05, 0) is 55.5 Å². The Kier molecular flexibility index (Phi) is 7.60. The molecule has 1 atom stereocenters. The summed E-state index contributed by atoms with van der Waals surface area (Å²) in [6.07, 6.45) is 1.38. The van der Waals surface area contributed by atoms with Crippen LogP contribution in [0, 0.1) is 5.92 Å². The molecule has 0 saturated carbocycles. The number of carbonyl (C=O) groups is 1. The molecule has 1 aliphatic rings. The molecule has 0 saturated heterocycles. The van der Waals surface area contributed by atoms with Crippen molar-refractivity contribution in [2.24, 2.45) is 5.92 Å². The number of para-hydroxylation sites is 1. The maximum absolute atomic E-state index is 13.4. The Labute approximate surface area is 205 Å². The summed E-state index contributed by atoms with van der Waals surface area (Å²) in [6.45, 7) is 7.63. The lowest BCUT2D eigenvalue weighted by molar-refractivity contribution is 0.0732. The van der Waals surface area contributed by atoms with Crippen molar-refractivity contribution >= 4 is 5.91 Å². The van der Waals surface area contributed by atoms with E-state index in [9.17, 15) is 15.0 Å². The first-order chi connectivity index (χ1) is 17.0. The van der Waals surface area contributed by atoms with Gasteiger partial charge in [-0.25, -0.2) is 0 Å². The number of ether oxygens (including phenoxy) is 2. The van der Waals surface area contributed by atoms with Crippen LogP contribution in [0.1, 0.15) is 61.3 Å². The zero-order chi connectivity index (χ0) is 24.9. The van der Waals surface area contributed by atoms with Crippen molar-refractivity contribution in [1.82, 2.24) is 15.1 Å². The Morgan fingerprint density at radius 1 is 1.14 bits per heavy atom. The SMILES string of the molecule is CCOc1cc([C@@H]2c3c(-c4ccccc4O)n[nH]c3C(=O)N2CCCO)ccc1OCCC(C)C. The summed E-state index contributed by atoms with van der Waals surface area (Å²) in [5.41, 5.74) is 3.00. The molecule has 0 aliphatic carbocycles. The van der Waals surface area contributed by atoms with E-state index in [4.69, 9.17) is 9.47 Å². The van der Waals surface area contributed by atoms with Crippen LogP contribution >= 0.6 is 0 Å². The highest BCUT2D eigenvalue weighted by atomic mass is 16.5. The molecule has 0 bridgehead atoms. The zero-order valence-corrected chi connectivity index (χ0v) is 20.5. The fourth-order valence-corrected chi connectivity index (χ4v) is 4.38. The van der Waals surface area contributed by atoms with Crippen molar-refractivity contribution in [3.63, 3.8) is 0 Å². The number of nitrogens with zero attached hydrogens (tertiary/aromatic N) is 2. The largest absolute Gasteiger partial charge is 0.507 e. The van der Waals surface area contributed by atoms with E-state index in [-0.39, 0.29) is 18.3 Å². The van der Waals surface area contributed by atoms with Crippen LogP contribution in [0.4, 0.5) is 0 Å². The number of carbonyl (C=O) groups excluding carboxylic acids is 1. The summed E-state index contributed by atoms with van der Waals surface area (Å²) in [7, 11) is 0. The van der Waals surface area contributed by atoms with Crippen LogP contribution in [-0.2, 0) is 0 Å². The molecule has 3 aromatic rings. The number of nitrogens with one attached hydrogen (secondary N) is 1. The van der Waals surface area contributed by atoms with E-state index in [0.29, 0.717) is 66.1 Å². The molecule has 8 nitrogen and oxygen atoms in total. The molecule has 1 aliphatic heterocycles. The molecule has 0 fully saturated rings. The van der Waals surface area contributed by atoms with E-state index in [1.807, 2.05) is 31.2 Å². The second-order valence-corrected chi connectivity index (χ2v) is 9.03. The van der Waals surface area contributed by atoms with Gasteiger partial charge in [0, 0.05) is 24.3 Å². The number of benzene rings is 2. The molecule has 2 heterocycles. The Hall–Kier alpha value is -3.52. The fourth-order valence-electron chi connectivity index (χ4n) is 4.38. The van der Waals surface area contributed by atoms with Crippen LogP contribution in [0.5, 0.6) is 17.2 Å². The van der Waals surface area contributed by atoms with E-state index in [2.05, 4.69) is 24.0 Å². The molecule has 4 rings (SSSR count). The number of aliphatic hydroxyl groups is 1. The minimum atomic E-state index is -0.457. The molecule has 8 heteroatoms. The first-order valence-electron chi connectivity index (χ1n) is 12.1. The van der Waals surface area contributed by atoms with Gasteiger partial charge in [0.1, 0.15) is 17.1 Å². The number of H-pyrrole nitrogens is 1. The van der Waals surface area contributed by atoms with Crippen LogP contribution in [0.25, 0.3) is 11.3 Å². The van der Waals surface area contributed by atoms with Gasteiger partial charge in [0.15, 0.2) is 11.5 Å². The minimum Gasteiger partial charge on any atom is -0.507 e. The molecule has 0 spiro atoms. The monoisotopic (exact) mass is 479 g/mol. The van der Waals surface area contributed by atoms with Crippen LogP contribution in [-0.4, -0.2) is 57.6 Å².